The van der Waals surface area contributed by atoms with Gasteiger partial charge in [-0.15, -0.1) is 0 Å². The second-order valence-corrected chi connectivity index (χ2v) is 5.41. The van der Waals surface area contributed by atoms with E-state index in [2.05, 4.69) is 21.0 Å². The van der Waals surface area contributed by atoms with E-state index in [-0.39, 0.29) is 24.3 Å². The number of carbonyl (C=O) groups excluding carboxylic acids is 3. The summed E-state index contributed by atoms with van der Waals surface area (Å²) in [6.45, 7) is 3.35. The maximum Gasteiger partial charge on any atom is 0.248 e. The van der Waals surface area contributed by atoms with Gasteiger partial charge in [0.05, 0.1) is 6.54 Å². The molecule has 2 aromatic rings. The van der Waals surface area contributed by atoms with E-state index in [0.29, 0.717) is 17.8 Å². The molecule has 1 heterocycles. The standard InChI is InChI=1S/C17H21N5O3/c1-3-15(23)18-11-16(24)20-13-6-4-7-14(10-13)21-17(25)12(2)22-9-5-8-19-22/h4-10,12H,3,11H2,1-2H3,(H,18,23)(H,20,24)(H,21,25). The Morgan fingerprint density at radius 3 is 2.48 bits per heavy atom. The topological polar surface area (TPSA) is 105 Å². The Labute approximate surface area is 145 Å². The molecule has 0 aliphatic rings. The van der Waals surface area contributed by atoms with Crippen molar-refractivity contribution in [1.82, 2.24) is 15.1 Å². The molecule has 25 heavy (non-hydrogen) atoms. The highest BCUT2D eigenvalue weighted by Crippen LogP contribution is 2.16. The number of amides is 3. The molecule has 0 fully saturated rings. The fourth-order valence-corrected chi connectivity index (χ4v) is 2.06. The lowest BCUT2D eigenvalue weighted by Crippen LogP contribution is -2.32. The Bertz CT molecular complexity index is 743. The molecule has 1 unspecified atom stereocenters. The summed E-state index contributed by atoms with van der Waals surface area (Å²) in [6, 6.07) is 8.07. The van der Waals surface area contributed by atoms with Gasteiger partial charge in [-0.3, -0.25) is 19.1 Å². The van der Waals surface area contributed by atoms with Gasteiger partial charge in [-0.25, -0.2) is 0 Å². The fraction of sp³-hybridized carbons (Fsp3) is 0.294. The second-order valence-electron chi connectivity index (χ2n) is 5.41. The summed E-state index contributed by atoms with van der Waals surface area (Å²) < 4.78 is 1.55. The molecule has 3 amide bonds. The number of hydrogen-bond acceptors (Lipinski definition) is 4. The van der Waals surface area contributed by atoms with Crippen molar-refractivity contribution in [2.24, 2.45) is 0 Å². The Kier molecular flexibility index (Phi) is 6.27. The SMILES string of the molecule is CCC(=O)NCC(=O)Nc1cccc(NC(=O)C(C)n2cccn2)c1. The van der Waals surface area contributed by atoms with Crippen LogP contribution in [0, 0.1) is 0 Å². The van der Waals surface area contributed by atoms with Crippen LogP contribution >= 0.6 is 0 Å². The molecule has 1 atom stereocenters. The minimum Gasteiger partial charge on any atom is -0.347 e. The molecular weight excluding hydrogens is 322 g/mol. The zero-order valence-corrected chi connectivity index (χ0v) is 14.2. The van der Waals surface area contributed by atoms with Gasteiger partial charge in [0.2, 0.25) is 17.7 Å². The van der Waals surface area contributed by atoms with Crippen LogP contribution in [-0.4, -0.2) is 34.0 Å². The van der Waals surface area contributed by atoms with E-state index in [1.54, 1.807) is 61.3 Å². The average molecular weight is 343 g/mol. The summed E-state index contributed by atoms with van der Waals surface area (Å²) >= 11 is 0. The number of aromatic nitrogens is 2. The minimum atomic E-state index is -0.461. The first-order chi connectivity index (χ1) is 12.0. The van der Waals surface area contributed by atoms with Crippen LogP contribution in [0.15, 0.2) is 42.7 Å². The van der Waals surface area contributed by atoms with E-state index >= 15 is 0 Å². The van der Waals surface area contributed by atoms with Gasteiger partial charge in [-0.2, -0.15) is 5.10 Å². The smallest absolute Gasteiger partial charge is 0.248 e. The van der Waals surface area contributed by atoms with Crippen LogP contribution in [0.2, 0.25) is 0 Å². The Morgan fingerprint density at radius 1 is 1.12 bits per heavy atom. The van der Waals surface area contributed by atoms with Crippen molar-refractivity contribution < 1.29 is 14.4 Å². The molecule has 1 aromatic heterocycles. The normalized spacial score (nSPS) is 11.4. The number of hydrogen-bond donors (Lipinski definition) is 3. The number of nitrogens with one attached hydrogen (secondary N) is 3. The van der Waals surface area contributed by atoms with E-state index in [0.717, 1.165) is 0 Å². The number of benzene rings is 1. The lowest BCUT2D eigenvalue weighted by atomic mass is 10.2. The Hall–Kier alpha value is -3.16. The highest BCUT2D eigenvalue weighted by molar-refractivity contribution is 5.96. The van der Waals surface area contributed by atoms with E-state index in [1.165, 1.54) is 0 Å². The lowest BCUT2D eigenvalue weighted by Gasteiger charge is -2.13. The van der Waals surface area contributed by atoms with E-state index in [1.807, 2.05) is 0 Å². The first-order valence-electron chi connectivity index (χ1n) is 7.96. The van der Waals surface area contributed by atoms with Crippen molar-refractivity contribution in [1.29, 1.82) is 0 Å². The zero-order chi connectivity index (χ0) is 18.2. The summed E-state index contributed by atoms with van der Waals surface area (Å²) in [5, 5.41) is 12.0. The summed E-state index contributed by atoms with van der Waals surface area (Å²) in [5.41, 5.74) is 1.08. The van der Waals surface area contributed by atoms with Gasteiger partial charge in [0.25, 0.3) is 0 Å². The van der Waals surface area contributed by atoms with Gasteiger partial charge < -0.3 is 16.0 Å². The van der Waals surface area contributed by atoms with Crippen molar-refractivity contribution >= 4 is 29.1 Å². The van der Waals surface area contributed by atoms with Gasteiger partial charge >= 0.3 is 0 Å². The second kappa shape index (κ2) is 8.62. The highest BCUT2D eigenvalue weighted by Gasteiger charge is 2.15. The van der Waals surface area contributed by atoms with Crippen molar-refractivity contribution in [2.45, 2.75) is 26.3 Å². The van der Waals surface area contributed by atoms with Crippen molar-refractivity contribution in [2.75, 3.05) is 17.2 Å². The van der Waals surface area contributed by atoms with Gasteiger partial charge in [-0.1, -0.05) is 13.0 Å². The van der Waals surface area contributed by atoms with Crippen LogP contribution in [0.4, 0.5) is 11.4 Å². The molecule has 132 valence electrons. The van der Waals surface area contributed by atoms with E-state index < -0.39 is 6.04 Å². The summed E-state index contributed by atoms with van der Waals surface area (Å²) in [4.78, 5) is 35.2. The number of anilines is 2. The van der Waals surface area contributed by atoms with Gasteiger partial charge in [0.15, 0.2) is 0 Å². The largest absolute Gasteiger partial charge is 0.347 e. The monoisotopic (exact) mass is 343 g/mol. The molecule has 0 aliphatic carbocycles. The number of nitrogens with zero attached hydrogens (tertiary/aromatic N) is 2. The number of carbonyl (C=O) groups is 3. The van der Waals surface area contributed by atoms with Crippen LogP contribution in [0.1, 0.15) is 26.3 Å². The average Bonchev–Trinajstić information content (AvgIpc) is 3.13. The maximum absolute atomic E-state index is 12.2. The van der Waals surface area contributed by atoms with Gasteiger partial charge in [0, 0.05) is 30.2 Å². The molecule has 1 aromatic carbocycles. The summed E-state index contributed by atoms with van der Waals surface area (Å²) in [6.07, 6.45) is 3.64. The summed E-state index contributed by atoms with van der Waals surface area (Å²) in [5.74, 6) is -0.749. The molecule has 0 radical (unpaired) electrons. The van der Waals surface area contributed by atoms with Crippen molar-refractivity contribution in [3.63, 3.8) is 0 Å². The zero-order valence-electron chi connectivity index (χ0n) is 14.2. The third-order valence-electron chi connectivity index (χ3n) is 3.48. The highest BCUT2D eigenvalue weighted by atomic mass is 16.2. The fourth-order valence-electron chi connectivity index (χ4n) is 2.06. The summed E-state index contributed by atoms with van der Waals surface area (Å²) in [7, 11) is 0. The predicted octanol–water partition coefficient (Wildman–Crippen LogP) is 1.55. The molecule has 0 spiro atoms. The van der Waals surface area contributed by atoms with Gasteiger partial charge in [-0.05, 0) is 31.2 Å². The van der Waals surface area contributed by atoms with E-state index in [4.69, 9.17) is 0 Å². The molecule has 0 aliphatic heterocycles. The Balaban J connectivity index is 1.93. The van der Waals surface area contributed by atoms with E-state index in [9.17, 15) is 14.4 Å². The predicted molar refractivity (Wildman–Crippen MR) is 93.9 cm³/mol. The molecule has 0 saturated carbocycles. The molecule has 8 heteroatoms. The molecule has 8 nitrogen and oxygen atoms in total. The molecule has 3 N–H and O–H groups in total. The lowest BCUT2D eigenvalue weighted by molar-refractivity contribution is -0.123. The Morgan fingerprint density at radius 2 is 1.84 bits per heavy atom. The van der Waals surface area contributed by atoms with Crippen LogP contribution in [0.5, 0.6) is 0 Å². The number of rotatable bonds is 7. The van der Waals surface area contributed by atoms with Crippen LogP contribution in [-0.2, 0) is 14.4 Å². The first-order valence-corrected chi connectivity index (χ1v) is 7.96. The van der Waals surface area contributed by atoms with Crippen LogP contribution in [0.3, 0.4) is 0 Å². The van der Waals surface area contributed by atoms with Gasteiger partial charge in [0.1, 0.15) is 6.04 Å². The first kappa shape index (κ1) is 18.2. The maximum atomic E-state index is 12.2. The molecule has 0 bridgehead atoms. The minimum absolute atomic E-state index is 0.0976. The molecule has 2 rings (SSSR count). The van der Waals surface area contributed by atoms with Crippen molar-refractivity contribution in [3.05, 3.63) is 42.7 Å². The van der Waals surface area contributed by atoms with Crippen LogP contribution in [0.25, 0.3) is 0 Å². The van der Waals surface area contributed by atoms with Crippen LogP contribution < -0.4 is 16.0 Å². The third-order valence-corrected chi connectivity index (χ3v) is 3.48. The third kappa shape index (κ3) is 5.45. The van der Waals surface area contributed by atoms with Crippen molar-refractivity contribution in [3.8, 4) is 0 Å². The molecular formula is C17H21N5O3. The quantitative estimate of drug-likeness (QED) is 0.709. The molecule has 0 saturated heterocycles.